The molecule has 0 saturated heterocycles. The van der Waals surface area contributed by atoms with Crippen LogP contribution in [0, 0.1) is 0 Å². The average molecular weight is 483 g/mol. The molecule has 0 aromatic heterocycles. The monoisotopic (exact) mass is 482 g/mol. The highest BCUT2D eigenvalue weighted by molar-refractivity contribution is 7.90. The fourth-order valence-electron chi connectivity index (χ4n) is 3.69. The Kier molecular flexibility index (Phi) is 6.98. The SMILES string of the molecule is O=C(O)c1ccccc1S(=O)(=O)N[C@@H]1CCCC[C@H]1NS(=O)(=O)c1ccccc1C(=O)O. The fraction of sp³-hybridized carbons (Fsp3) is 0.300. The van der Waals surface area contributed by atoms with E-state index in [1.54, 1.807) is 0 Å². The second-order valence-corrected chi connectivity index (χ2v) is 10.7. The molecule has 0 aliphatic heterocycles. The summed E-state index contributed by atoms with van der Waals surface area (Å²) in [6, 6.07) is 8.56. The lowest BCUT2D eigenvalue weighted by Crippen LogP contribution is -2.53. The molecule has 1 aliphatic rings. The first-order valence-electron chi connectivity index (χ1n) is 9.72. The van der Waals surface area contributed by atoms with Crippen LogP contribution in [0.2, 0.25) is 0 Å². The van der Waals surface area contributed by atoms with Crippen LogP contribution in [0.4, 0.5) is 0 Å². The molecule has 172 valence electrons. The van der Waals surface area contributed by atoms with Crippen LogP contribution in [0.5, 0.6) is 0 Å². The van der Waals surface area contributed by atoms with Gasteiger partial charge >= 0.3 is 11.9 Å². The fourth-order valence-corrected chi connectivity index (χ4v) is 6.71. The van der Waals surface area contributed by atoms with Crippen LogP contribution in [-0.2, 0) is 20.0 Å². The summed E-state index contributed by atoms with van der Waals surface area (Å²) < 4.78 is 56.6. The molecule has 32 heavy (non-hydrogen) atoms. The van der Waals surface area contributed by atoms with Gasteiger partial charge in [-0.15, -0.1) is 0 Å². The molecular formula is C20H22N2O8S2. The van der Waals surface area contributed by atoms with Crippen LogP contribution in [0.1, 0.15) is 46.4 Å². The first kappa shape index (κ1) is 23.9. The highest BCUT2D eigenvalue weighted by Gasteiger charge is 2.34. The summed E-state index contributed by atoms with van der Waals surface area (Å²) in [5.74, 6) is -2.81. The third kappa shape index (κ3) is 5.15. The van der Waals surface area contributed by atoms with Crippen LogP contribution < -0.4 is 9.44 Å². The molecule has 0 amide bonds. The van der Waals surface area contributed by atoms with Crippen molar-refractivity contribution in [3.05, 3.63) is 59.7 Å². The number of hydrogen-bond donors (Lipinski definition) is 4. The minimum atomic E-state index is -4.27. The zero-order valence-corrected chi connectivity index (χ0v) is 18.4. The number of aromatic carboxylic acids is 2. The van der Waals surface area contributed by atoms with Crippen molar-refractivity contribution in [2.24, 2.45) is 0 Å². The van der Waals surface area contributed by atoms with Crippen LogP contribution in [-0.4, -0.2) is 51.1 Å². The van der Waals surface area contributed by atoms with E-state index in [0.29, 0.717) is 25.7 Å². The molecule has 4 N–H and O–H groups in total. The Balaban J connectivity index is 1.89. The largest absolute Gasteiger partial charge is 0.478 e. The number of carboxylic acids is 2. The van der Waals surface area contributed by atoms with E-state index in [2.05, 4.69) is 9.44 Å². The molecule has 0 bridgehead atoms. The predicted molar refractivity (Wildman–Crippen MR) is 113 cm³/mol. The summed E-state index contributed by atoms with van der Waals surface area (Å²) in [5.41, 5.74) is -0.799. The van der Waals surface area contributed by atoms with Gasteiger partial charge in [-0.2, -0.15) is 0 Å². The Morgan fingerprint density at radius 2 is 1.03 bits per heavy atom. The Morgan fingerprint density at radius 1 is 0.688 bits per heavy atom. The third-order valence-corrected chi connectivity index (χ3v) is 8.29. The third-order valence-electron chi connectivity index (χ3n) is 5.19. The van der Waals surface area contributed by atoms with E-state index >= 15 is 0 Å². The predicted octanol–water partition coefficient (Wildman–Crippen LogP) is 1.65. The first-order chi connectivity index (χ1) is 15.0. The molecule has 0 radical (unpaired) electrons. The first-order valence-corrected chi connectivity index (χ1v) is 12.7. The molecule has 12 heteroatoms. The summed E-state index contributed by atoms with van der Waals surface area (Å²) in [5, 5.41) is 18.6. The van der Waals surface area contributed by atoms with Crippen LogP contribution in [0.3, 0.4) is 0 Å². The average Bonchev–Trinajstić information content (AvgIpc) is 2.74. The molecule has 3 rings (SSSR count). The maximum absolute atomic E-state index is 12.9. The van der Waals surface area contributed by atoms with E-state index in [1.807, 2.05) is 0 Å². The number of carbonyl (C=O) groups is 2. The summed E-state index contributed by atoms with van der Waals surface area (Å²) >= 11 is 0. The maximum Gasteiger partial charge on any atom is 0.337 e. The molecule has 0 spiro atoms. The zero-order valence-electron chi connectivity index (χ0n) is 16.8. The van der Waals surface area contributed by atoms with Crippen molar-refractivity contribution in [2.75, 3.05) is 0 Å². The topological polar surface area (TPSA) is 167 Å². The van der Waals surface area contributed by atoms with E-state index < -0.39 is 65.0 Å². The van der Waals surface area contributed by atoms with Crippen molar-refractivity contribution in [3.8, 4) is 0 Å². The standard InChI is InChI=1S/C20H22N2O8S2/c23-19(24)13-7-1-5-11-17(13)31(27,28)21-15-9-3-4-10-16(15)22-32(29,30)18-12-6-2-8-14(18)20(25)26/h1-2,5-8,11-12,15-16,21-22H,3-4,9-10H2,(H,23,24)(H,25,26)/t15-,16-/m1/s1. The van der Waals surface area contributed by atoms with Gasteiger partial charge in [-0.1, -0.05) is 37.1 Å². The normalized spacial score (nSPS) is 19.4. The lowest BCUT2D eigenvalue weighted by Gasteiger charge is -2.32. The van der Waals surface area contributed by atoms with Gasteiger partial charge in [0.05, 0.1) is 20.9 Å². The molecule has 10 nitrogen and oxygen atoms in total. The highest BCUT2D eigenvalue weighted by atomic mass is 32.2. The molecule has 0 heterocycles. The second kappa shape index (κ2) is 9.36. The summed E-state index contributed by atoms with van der Waals surface area (Å²) in [6.45, 7) is 0. The van der Waals surface area contributed by atoms with Crippen molar-refractivity contribution in [1.82, 2.24) is 9.44 Å². The molecule has 1 aliphatic carbocycles. The Bertz CT molecular complexity index is 1140. The molecule has 1 saturated carbocycles. The Morgan fingerprint density at radius 3 is 1.38 bits per heavy atom. The van der Waals surface area contributed by atoms with Gasteiger partial charge in [0.2, 0.25) is 20.0 Å². The molecule has 1 fully saturated rings. The Labute approximate surface area is 185 Å². The van der Waals surface area contributed by atoms with Gasteiger partial charge < -0.3 is 10.2 Å². The van der Waals surface area contributed by atoms with E-state index in [0.717, 1.165) is 12.1 Å². The summed E-state index contributed by atoms with van der Waals surface area (Å²) in [4.78, 5) is 22.0. The van der Waals surface area contributed by atoms with Crippen LogP contribution in [0.15, 0.2) is 58.3 Å². The van der Waals surface area contributed by atoms with Crippen molar-refractivity contribution < 1.29 is 36.6 Å². The van der Waals surface area contributed by atoms with Gasteiger partial charge in [0.25, 0.3) is 0 Å². The molecule has 0 unspecified atom stereocenters. The van der Waals surface area contributed by atoms with E-state index in [9.17, 15) is 36.6 Å². The number of nitrogens with one attached hydrogen (secondary N) is 2. The lowest BCUT2D eigenvalue weighted by atomic mass is 9.92. The second-order valence-electron chi connectivity index (χ2n) is 7.34. The van der Waals surface area contributed by atoms with E-state index in [-0.39, 0.29) is 0 Å². The van der Waals surface area contributed by atoms with Crippen LogP contribution >= 0.6 is 0 Å². The van der Waals surface area contributed by atoms with Gasteiger partial charge in [0.15, 0.2) is 0 Å². The minimum absolute atomic E-state index is 0.322. The van der Waals surface area contributed by atoms with Crippen molar-refractivity contribution in [2.45, 2.75) is 47.6 Å². The van der Waals surface area contributed by atoms with E-state index in [1.165, 1.54) is 36.4 Å². The number of benzene rings is 2. The van der Waals surface area contributed by atoms with Crippen molar-refractivity contribution >= 4 is 32.0 Å². The van der Waals surface area contributed by atoms with Gasteiger partial charge in [-0.3, -0.25) is 0 Å². The van der Waals surface area contributed by atoms with E-state index in [4.69, 9.17) is 0 Å². The minimum Gasteiger partial charge on any atom is -0.478 e. The lowest BCUT2D eigenvalue weighted by molar-refractivity contribution is 0.0682. The Hall–Kier alpha value is -2.80. The highest BCUT2D eigenvalue weighted by Crippen LogP contribution is 2.25. The number of rotatable bonds is 8. The van der Waals surface area contributed by atoms with Gasteiger partial charge in [0.1, 0.15) is 0 Å². The molecule has 2 aromatic carbocycles. The van der Waals surface area contributed by atoms with Crippen molar-refractivity contribution in [1.29, 1.82) is 0 Å². The number of hydrogen-bond acceptors (Lipinski definition) is 6. The number of sulfonamides is 2. The van der Waals surface area contributed by atoms with Gasteiger partial charge in [-0.05, 0) is 37.1 Å². The summed E-state index contributed by atoms with van der Waals surface area (Å²) in [6.07, 6.45) is 1.92. The quantitative estimate of drug-likeness (QED) is 0.440. The van der Waals surface area contributed by atoms with Crippen molar-refractivity contribution in [3.63, 3.8) is 0 Å². The zero-order chi connectivity index (χ0) is 23.5. The van der Waals surface area contributed by atoms with Gasteiger partial charge in [-0.25, -0.2) is 35.9 Å². The van der Waals surface area contributed by atoms with Gasteiger partial charge in [0, 0.05) is 12.1 Å². The summed E-state index contributed by atoms with van der Waals surface area (Å²) in [7, 11) is -8.54. The maximum atomic E-state index is 12.9. The molecule has 2 atom stereocenters. The molecular weight excluding hydrogens is 460 g/mol. The van der Waals surface area contributed by atoms with Crippen LogP contribution in [0.25, 0.3) is 0 Å². The number of carboxylic acid groups (broad SMARTS) is 2. The molecule has 2 aromatic rings. The smallest absolute Gasteiger partial charge is 0.337 e.